The molecule has 0 radical (unpaired) electrons. The molecule has 1 amide bonds. The van der Waals surface area contributed by atoms with Crippen LogP contribution in [0.3, 0.4) is 0 Å². The molecule has 0 saturated carbocycles. The van der Waals surface area contributed by atoms with E-state index in [1.54, 1.807) is 23.2 Å². The molecule has 4 rings (SSSR count). The van der Waals surface area contributed by atoms with E-state index in [1.165, 1.54) is 6.26 Å². The maximum atomic E-state index is 13.0. The van der Waals surface area contributed by atoms with Crippen LogP contribution < -0.4 is 4.74 Å². The number of nitrogens with zero attached hydrogens (tertiary/aromatic N) is 3. The highest BCUT2D eigenvalue weighted by Gasteiger charge is 2.20. The fourth-order valence-corrected chi connectivity index (χ4v) is 3.51. The fourth-order valence-electron chi connectivity index (χ4n) is 3.51. The minimum atomic E-state index is -0.172. The smallest absolute Gasteiger partial charge is 0.290 e. The second-order valence-electron chi connectivity index (χ2n) is 7.41. The molecule has 31 heavy (non-hydrogen) atoms. The van der Waals surface area contributed by atoms with Crippen LogP contribution in [0.4, 0.5) is 0 Å². The molecule has 3 aromatic rings. The maximum Gasteiger partial charge on any atom is 0.290 e. The number of furan rings is 1. The lowest BCUT2D eigenvalue weighted by atomic mass is 10.2. The van der Waals surface area contributed by atoms with Gasteiger partial charge in [0.2, 0.25) is 0 Å². The number of carbonyl (C=O) groups excluding carboxylic acids is 1. The Labute approximate surface area is 182 Å². The third-order valence-electron chi connectivity index (χ3n) is 5.15. The quantitative estimate of drug-likeness (QED) is 0.528. The van der Waals surface area contributed by atoms with Gasteiger partial charge in [-0.3, -0.25) is 14.7 Å². The average Bonchev–Trinajstić information content (AvgIpc) is 3.35. The van der Waals surface area contributed by atoms with Crippen molar-refractivity contribution in [3.05, 3.63) is 84.1 Å². The highest BCUT2D eigenvalue weighted by molar-refractivity contribution is 5.91. The molecule has 0 unspecified atom stereocenters. The summed E-state index contributed by atoms with van der Waals surface area (Å²) in [5.74, 6) is 0.942. The van der Waals surface area contributed by atoms with Crippen molar-refractivity contribution in [3.8, 4) is 5.75 Å². The summed E-state index contributed by atoms with van der Waals surface area (Å²) >= 11 is 0. The number of amides is 1. The van der Waals surface area contributed by atoms with Crippen LogP contribution >= 0.6 is 0 Å². The van der Waals surface area contributed by atoms with E-state index in [-0.39, 0.29) is 5.91 Å². The zero-order chi connectivity index (χ0) is 21.3. The van der Waals surface area contributed by atoms with Crippen LogP contribution in [-0.2, 0) is 17.8 Å². The Morgan fingerprint density at radius 3 is 2.74 bits per heavy atom. The Kier molecular flexibility index (Phi) is 7.31. The van der Waals surface area contributed by atoms with Gasteiger partial charge in [-0.1, -0.05) is 18.2 Å². The van der Waals surface area contributed by atoms with Crippen LogP contribution in [0, 0.1) is 0 Å². The lowest BCUT2D eigenvalue weighted by molar-refractivity contribution is 0.0322. The van der Waals surface area contributed by atoms with E-state index in [1.807, 2.05) is 42.5 Å². The summed E-state index contributed by atoms with van der Waals surface area (Å²) in [5.41, 5.74) is 1.81. The van der Waals surface area contributed by atoms with E-state index in [0.717, 1.165) is 49.9 Å². The number of ether oxygens (including phenoxy) is 2. The largest absolute Gasteiger partial charge is 0.492 e. The number of hydrogen-bond donors (Lipinski definition) is 0. The number of benzene rings is 1. The molecular weight excluding hydrogens is 394 g/mol. The number of morpholine rings is 1. The number of hydrogen-bond acceptors (Lipinski definition) is 6. The van der Waals surface area contributed by atoms with Crippen molar-refractivity contribution < 1.29 is 18.7 Å². The van der Waals surface area contributed by atoms with Crippen molar-refractivity contribution in [1.82, 2.24) is 14.8 Å². The third kappa shape index (κ3) is 6.16. The van der Waals surface area contributed by atoms with Gasteiger partial charge in [-0.05, 0) is 42.0 Å². The summed E-state index contributed by atoms with van der Waals surface area (Å²) in [5, 5.41) is 0. The highest BCUT2D eigenvalue weighted by atomic mass is 16.5. The van der Waals surface area contributed by atoms with E-state index in [0.29, 0.717) is 25.5 Å². The standard InChI is InChI=1S/C24H27N3O4/c28-24(23-8-4-13-31-23)27(19-21-6-1-2-9-25-21)18-20-5-3-7-22(17-20)30-16-12-26-10-14-29-15-11-26/h1-9,13,17H,10-12,14-16,18-19H2. The van der Waals surface area contributed by atoms with Gasteiger partial charge in [-0.25, -0.2) is 0 Å². The minimum Gasteiger partial charge on any atom is -0.492 e. The van der Waals surface area contributed by atoms with Crippen molar-refractivity contribution in [2.24, 2.45) is 0 Å². The molecule has 3 heterocycles. The lowest BCUT2D eigenvalue weighted by Gasteiger charge is -2.26. The number of rotatable bonds is 9. The van der Waals surface area contributed by atoms with Gasteiger partial charge in [-0.2, -0.15) is 0 Å². The van der Waals surface area contributed by atoms with Crippen LogP contribution in [-0.4, -0.2) is 60.1 Å². The van der Waals surface area contributed by atoms with Gasteiger partial charge in [0, 0.05) is 32.4 Å². The Morgan fingerprint density at radius 2 is 1.97 bits per heavy atom. The Bertz CT molecular complexity index is 940. The molecule has 0 spiro atoms. The molecule has 0 atom stereocenters. The van der Waals surface area contributed by atoms with Gasteiger partial charge in [0.05, 0.1) is 31.7 Å². The van der Waals surface area contributed by atoms with Gasteiger partial charge in [-0.15, -0.1) is 0 Å². The number of aromatic nitrogens is 1. The zero-order valence-corrected chi connectivity index (χ0v) is 17.5. The number of pyridine rings is 1. The molecule has 0 bridgehead atoms. The summed E-state index contributed by atoms with van der Waals surface area (Å²) in [4.78, 5) is 21.4. The zero-order valence-electron chi connectivity index (χ0n) is 17.5. The van der Waals surface area contributed by atoms with Crippen LogP contribution in [0.5, 0.6) is 5.75 Å². The van der Waals surface area contributed by atoms with Gasteiger partial charge in [0.1, 0.15) is 12.4 Å². The predicted octanol–water partition coefficient (Wildman–Crippen LogP) is 3.23. The third-order valence-corrected chi connectivity index (χ3v) is 5.15. The van der Waals surface area contributed by atoms with Gasteiger partial charge in [0.25, 0.3) is 5.91 Å². The Morgan fingerprint density at radius 1 is 1.06 bits per heavy atom. The molecule has 1 aliphatic heterocycles. The Hall–Kier alpha value is -3.16. The highest BCUT2D eigenvalue weighted by Crippen LogP contribution is 2.18. The van der Waals surface area contributed by atoms with Crippen LogP contribution in [0.1, 0.15) is 21.8 Å². The van der Waals surface area contributed by atoms with Gasteiger partial charge < -0.3 is 18.8 Å². The summed E-state index contributed by atoms with van der Waals surface area (Å²) in [6.07, 6.45) is 3.24. The summed E-state index contributed by atoms with van der Waals surface area (Å²) in [7, 11) is 0. The fraction of sp³-hybridized carbons (Fsp3) is 0.333. The molecule has 1 fully saturated rings. The molecule has 0 aliphatic carbocycles. The molecule has 1 aromatic carbocycles. The van der Waals surface area contributed by atoms with Crippen LogP contribution in [0.15, 0.2) is 71.5 Å². The van der Waals surface area contributed by atoms with Crippen LogP contribution in [0.25, 0.3) is 0 Å². The molecule has 1 saturated heterocycles. The van der Waals surface area contributed by atoms with Crippen molar-refractivity contribution in [1.29, 1.82) is 0 Å². The van der Waals surface area contributed by atoms with Gasteiger partial charge in [0.15, 0.2) is 5.76 Å². The normalized spacial score (nSPS) is 14.3. The molecule has 1 aliphatic rings. The van der Waals surface area contributed by atoms with Crippen molar-refractivity contribution in [3.63, 3.8) is 0 Å². The summed E-state index contributed by atoms with van der Waals surface area (Å²) in [6.45, 7) is 5.76. The first-order chi connectivity index (χ1) is 15.3. The second kappa shape index (κ2) is 10.7. The van der Waals surface area contributed by atoms with E-state index in [2.05, 4.69) is 9.88 Å². The molecule has 2 aromatic heterocycles. The molecule has 0 N–H and O–H groups in total. The first-order valence-electron chi connectivity index (χ1n) is 10.5. The van der Waals surface area contributed by atoms with E-state index < -0.39 is 0 Å². The topological polar surface area (TPSA) is 68.0 Å². The monoisotopic (exact) mass is 421 g/mol. The first-order valence-corrected chi connectivity index (χ1v) is 10.5. The van der Waals surface area contributed by atoms with E-state index in [9.17, 15) is 4.79 Å². The molecule has 7 heteroatoms. The first kappa shape index (κ1) is 21.1. The van der Waals surface area contributed by atoms with E-state index in [4.69, 9.17) is 13.9 Å². The number of carbonyl (C=O) groups is 1. The minimum absolute atomic E-state index is 0.172. The second-order valence-corrected chi connectivity index (χ2v) is 7.41. The molecule has 162 valence electrons. The lowest BCUT2D eigenvalue weighted by Crippen LogP contribution is -2.38. The van der Waals surface area contributed by atoms with Crippen LogP contribution in [0.2, 0.25) is 0 Å². The van der Waals surface area contributed by atoms with Crippen molar-refractivity contribution in [2.45, 2.75) is 13.1 Å². The Balaban J connectivity index is 1.41. The summed E-state index contributed by atoms with van der Waals surface area (Å²) in [6, 6.07) is 17.0. The average molecular weight is 421 g/mol. The van der Waals surface area contributed by atoms with Crippen molar-refractivity contribution >= 4 is 5.91 Å². The SMILES string of the molecule is O=C(c1ccco1)N(Cc1cccc(OCCN2CCOCC2)c1)Cc1ccccn1. The summed E-state index contributed by atoms with van der Waals surface area (Å²) < 4.78 is 16.7. The van der Waals surface area contributed by atoms with Crippen molar-refractivity contribution in [2.75, 3.05) is 39.5 Å². The molecular formula is C24H27N3O4. The predicted molar refractivity (Wildman–Crippen MR) is 116 cm³/mol. The van der Waals surface area contributed by atoms with Gasteiger partial charge >= 0.3 is 0 Å². The van der Waals surface area contributed by atoms with E-state index >= 15 is 0 Å². The molecule has 7 nitrogen and oxygen atoms in total. The maximum absolute atomic E-state index is 13.0.